The van der Waals surface area contributed by atoms with Crippen LogP contribution in [0.4, 0.5) is 0 Å². The van der Waals surface area contributed by atoms with Gasteiger partial charge in [-0.05, 0) is 19.0 Å². The van der Waals surface area contributed by atoms with Crippen molar-refractivity contribution < 1.29 is 0 Å². The zero-order chi connectivity index (χ0) is 14.9. The van der Waals surface area contributed by atoms with E-state index >= 15 is 0 Å². The normalized spacial score (nSPS) is 24.3. The average molecular weight is 336 g/mol. The van der Waals surface area contributed by atoms with Gasteiger partial charge in [-0.25, -0.2) is 0 Å². The molecule has 2 aliphatic rings. The molecule has 0 amide bonds. The van der Waals surface area contributed by atoms with Crippen LogP contribution in [0.15, 0.2) is 24.3 Å². The van der Waals surface area contributed by atoms with E-state index in [4.69, 9.17) is 11.6 Å². The number of benzene rings is 1. The Morgan fingerprint density at radius 3 is 2.73 bits per heavy atom. The highest BCUT2D eigenvalue weighted by molar-refractivity contribution is 7.19. The number of rotatable bonds is 3. The third-order valence-electron chi connectivity index (χ3n) is 4.93. The van der Waals surface area contributed by atoms with Crippen LogP contribution in [-0.4, -0.2) is 55.1 Å². The summed E-state index contributed by atoms with van der Waals surface area (Å²) < 4.78 is 1.30. The van der Waals surface area contributed by atoms with Crippen molar-refractivity contribution in [2.24, 2.45) is 0 Å². The molecule has 0 radical (unpaired) electrons. The van der Waals surface area contributed by atoms with Crippen LogP contribution < -0.4 is 5.32 Å². The number of hydrogen-bond acceptors (Lipinski definition) is 4. The Kier molecular flexibility index (Phi) is 4.38. The number of hydrogen-bond donors (Lipinski definition) is 1. The summed E-state index contributed by atoms with van der Waals surface area (Å²) in [5.74, 6) is 0. The predicted octanol–water partition coefficient (Wildman–Crippen LogP) is 3.03. The van der Waals surface area contributed by atoms with E-state index in [9.17, 15) is 0 Å². The lowest BCUT2D eigenvalue weighted by Gasteiger charge is -2.37. The summed E-state index contributed by atoms with van der Waals surface area (Å²) >= 11 is 8.42. The van der Waals surface area contributed by atoms with Crippen LogP contribution in [0.25, 0.3) is 10.1 Å². The Balaban J connectivity index is 1.40. The molecule has 1 aromatic heterocycles. The minimum atomic E-state index is 0.759. The maximum Gasteiger partial charge on any atom is 0.0637 e. The first-order chi connectivity index (χ1) is 10.8. The van der Waals surface area contributed by atoms with Crippen molar-refractivity contribution in [1.29, 1.82) is 0 Å². The number of halogens is 1. The predicted molar refractivity (Wildman–Crippen MR) is 95.0 cm³/mol. The number of nitrogens with one attached hydrogen (secondary N) is 1. The van der Waals surface area contributed by atoms with Gasteiger partial charge in [-0.3, -0.25) is 9.80 Å². The summed E-state index contributed by atoms with van der Waals surface area (Å²) in [6.07, 6.45) is 1.31. The molecule has 4 rings (SSSR count). The molecule has 2 saturated heterocycles. The molecule has 2 aromatic rings. The average Bonchev–Trinajstić information content (AvgIpc) is 3.18. The van der Waals surface area contributed by atoms with Crippen LogP contribution in [0.1, 0.15) is 11.3 Å². The molecule has 5 heteroatoms. The van der Waals surface area contributed by atoms with Gasteiger partial charge in [0.2, 0.25) is 0 Å². The van der Waals surface area contributed by atoms with Crippen molar-refractivity contribution in [2.75, 3.05) is 39.3 Å². The second-order valence-corrected chi connectivity index (χ2v) is 7.81. The topological polar surface area (TPSA) is 18.5 Å². The van der Waals surface area contributed by atoms with Crippen molar-refractivity contribution in [2.45, 2.75) is 19.0 Å². The van der Waals surface area contributed by atoms with Gasteiger partial charge in [0.1, 0.15) is 0 Å². The van der Waals surface area contributed by atoms with Crippen LogP contribution in [0.3, 0.4) is 0 Å². The largest absolute Gasteiger partial charge is 0.315 e. The molecule has 0 saturated carbocycles. The van der Waals surface area contributed by atoms with Crippen LogP contribution in [0, 0.1) is 0 Å². The molecule has 0 aliphatic carbocycles. The molecule has 1 atom stereocenters. The number of piperazine rings is 1. The van der Waals surface area contributed by atoms with Gasteiger partial charge >= 0.3 is 0 Å². The Morgan fingerprint density at radius 2 is 2.00 bits per heavy atom. The summed E-state index contributed by atoms with van der Waals surface area (Å²) in [5, 5.41) is 5.64. The molecule has 3 heterocycles. The smallest absolute Gasteiger partial charge is 0.0637 e. The van der Waals surface area contributed by atoms with Crippen LogP contribution >= 0.6 is 22.9 Å². The van der Waals surface area contributed by atoms with Crippen LogP contribution in [0.2, 0.25) is 5.02 Å². The third kappa shape index (κ3) is 2.91. The number of nitrogens with zero attached hydrogens (tertiary/aromatic N) is 2. The van der Waals surface area contributed by atoms with E-state index in [1.807, 2.05) is 11.3 Å². The highest BCUT2D eigenvalue weighted by atomic mass is 35.5. The zero-order valence-corrected chi connectivity index (χ0v) is 14.3. The van der Waals surface area contributed by atoms with E-state index in [1.54, 1.807) is 0 Å². The molecule has 2 fully saturated rings. The number of thiophene rings is 1. The summed E-state index contributed by atoms with van der Waals surface area (Å²) in [6.45, 7) is 8.03. The first-order valence-corrected chi connectivity index (χ1v) is 9.34. The first kappa shape index (κ1) is 14.9. The van der Waals surface area contributed by atoms with Crippen molar-refractivity contribution in [3.63, 3.8) is 0 Å². The van der Waals surface area contributed by atoms with Gasteiger partial charge in [0.05, 0.1) is 5.02 Å². The molecule has 1 aromatic carbocycles. The lowest BCUT2D eigenvalue weighted by atomic mass is 10.2. The van der Waals surface area contributed by atoms with Crippen molar-refractivity contribution in [3.05, 3.63) is 34.2 Å². The first-order valence-electron chi connectivity index (χ1n) is 8.14. The molecule has 3 nitrogen and oxygen atoms in total. The SMILES string of the molecule is Clc1c(CN2CCN(C3CCNC3)CC2)sc2ccccc12. The second kappa shape index (κ2) is 6.46. The molecule has 118 valence electrons. The van der Waals surface area contributed by atoms with E-state index in [0.717, 1.165) is 30.7 Å². The van der Waals surface area contributed by atoms with Gasteiger partial charge in [-0.15, -0.1) is 11.3 Å². The Morgan fingerprint density at radius 1 is 1.18 bits per heavy atom. The molecule has 2 aliphatic heterocycles. The van der Waals surface area contributed by atoms with Crippen LogP contribution in [0.5, 0.6) is 0 Å². The van der Waals surface area contributed by atoms with Gasteiger partial charge in [0, 0.05) is 60.3 Å². The van der Waals surface area contributed by atoms with Crippen molar-refractivity contribution in [1.82, 2.24) is 15.1 Å². The monoisotopic (exact) mass is 335 g/mol. The molecule has 0 spiro atoms. The molecule has 1 N–H and O–H groups in total. The maximum atomic E-state index is 6.57. The Labute approximate surface area is 140 Å². The van der Waals surface area contributed by atoms with E-state index in [-0.39, 0.29) is 0 Å². The summed E-state index contributed by atoms with van der Waals surface area (Å²) in [5.41, 5.74) is 0. The standard InChI is InChI=1S/C17H22ClN3S/c18-17-14-3-1-2-4-15(14)22-16(17)12-20-7-9-21(10-8-20)13-5-6-19-11-13/h1-4,13,19H,5-12H2. The van der Waals surface area contributed by atoms with E-state index in [1.165, 1.54) is 47.6 Å². The van der Waals surface area contributed by atoms with E-state index in [0.29, 0.717) is 0 Å². The summed E-state index contributed by atoms with van der Waals surface area (Å²) in [4.78, 5) is 6.53. The van der Waals surface area contributed by atoms with Gasteiger partial charge in [0.25, 0.3) is 0 Å². The zero-order valence-electron chi connectivity index (χ0n) is 12.7. The molecular weight excluding hydrogens is 314 g/mol. The fourth-order valence-corrected chi connectivity index (χ4v) is 5.14. The summed E-state index contributed by atoms with van der Waals surface area (Å²) in [7, 11) is 0. The Hall–Kier alpha value is -0.650. The molecule has 22 heavy (non-hydrogen) atoms. The molecular formula is C17H22ClN3S. The van der Waals surface area contributed by atoms with Gasteiger partial charge in [-0.2, -0.15) is 0 Å². The highest BCUT2D eigenvalue weighted by Gasteiger charge is 2.26. The quantitative estimate of drug-likeness (QED) is 0.930. The lowest BCUT2D eigenvalue weighted by Crippen LogP contribution is -2.50. The van der Waals surface area contributed by atoms with E-state index < -0.39 is 0 Å². The highest BCUT2D eigenvalue weighted by Crippen LogP contribution is 2.36. The van der Waals surface area contributed by atoms with Gasteiger partial charge in [0.15, 0.2) is 0 Å². The fraction of sp³-hybridized carbons (Fsp3) is 0.529. The maximum absolute atomic E-state index is 6.57. The molecule has 1 unspecified atom stereocenters. The Bertz CT molecular complexity index is 642. The minimum Gasteiger partial charge on any atom is -0.315 e. The van der Waals surface area contributed by atoms with E-state index in [2.05, 4.69) is 39.4 Å². The van der Waals surface area contributed by atoms with Gasteiger partial charge < -0.3 is 5.32 Å². The lowest BCUT2D eigenvalue weighted by molar-refractivity contribution is 0.0988. The van der Waals surface area contributed by atoms with Crippen LogP contribution in [-0.2, 0) is 6.54 Å². The number of fused-ring (bicyclic) bond motifs is 1. The third-order valence-corrected chi connectivity index (χ3v) is 6.63. The second-order valence-electron chi connectivity index (χ2n) is 6.29. The molecule has 0 bridgehead atoms. The fourth-order valence-electron chi connectivity index (χ4n) is 3.61. The van der Waals surface area contributed by atoms with Crippen molar-refractivity contribution >= 4 is 33.0 Å². The summed E-state index contributed by atoms with van der Waals surface area (Å²) in [6, 6.07) is 9.21. The van der Waals surface area contributed by atoms with Gasteiger partial charge in [-0.1, -0.05) is 29.8 Å². The minimum absolute atomic E-state index is 0.759. The van der Waals surface area contributed by atoms with Crippen molar-refractivity contribution in [3.8, 4) is 0 Å².